The van der Waals surface area contributed by atoms with Crippen molar-refractivity contribution in [1.29, 1.82) is 0 Å². The predicted octanol–water partition coefficient (Wildman–Crippen LogP) is 5.97. The van der Waals surface area contributed by atoms with Gasteiger partial charge in [-0.15, -0.1) is 0 Å². The van der Waals surface area contributed by atoms with Crippen LogP contribution in [-0.2, 0) is 0 Å². The summed E-state index contributed by atoms with van der Waals surface area (Å²) in [6.07, 6.45) is 5.47. The smallest absolute Gasteiger partial charge is 0.118 e. The van der Waals surface area contributed by atoms with Crippen LogP contribution in [0.15, 0.2) is 91.4 Å². The summed E-state index contributed by atoms with van der Waals surface area (Å²) in [4.78, 5) is 12.5. The second-order valence-corrected chi connectivity index (χ2v) is 6.82. The molecule has 0 atom stereocenters. The summed E-state index contributed by atoms with van der Waals surface area (Å²) in [6, 6.07) is 24.7. The fourth-order valence-corrected chi connectivity index (χ4v) is 3.65. The highest BCUT2D eigenvalue weighted by Crippen LogP contribution is 2.38. The molecule has 0 bridgehead atoms. The molecule has 0 saturated carbocycles. The number of nitrogens with zero attached hydrogens (tertiary/aromatic N) is 2. The van der Waals surface area contributed by atoms with E-state index in [0.717, 1.165) is 44.9 Å². The minimum absolute atomic E-state index is 0.837. The van der Waals surface area contributed by atoms with Gasteiger partial charge in [0.2, 0.25) is 0 Å². The van der Waals surface area contributed by atoms with Crippen LogP contribution in [0.3, 0.4) is 0 Å². The number of nitrogens with one attached hydrogen (secondary N) is 1. The first-order valence-electron chi connectivity index (χ1n) is 9.45. The van der Waals surface area contributed by atoms with Crippen LogP contribution in [0.4, 0.5) is 0 Å². The Balaban J connectivity index is 1.75. The Morgan fingerprint density at radius 3 is 2.38 bits per heavy atom. The molecule has 1 N–H and O–H groups in total. The normalized spacial score (nSPS) is 10.9. The first-order valence-corrected chi connectivity index (χ1v) is 9.45. The van der Waals surface area contributed by atoms with E-state index in [2.05, 4.69) is 40.3 Å². The van der Waals surface area contributed by atoms with Gasteiger partial charge in [-0.05, 0) is 47.3 Å². The fraction of sp³-hybridized carbons (Fsp3) is 0.0400. The van der Waals surface area contributed by atoms with Crippen LogP contribution in [0.2, 0.25) is 0 Å². The third kappa shape index (κ3) is 3.15. The maximum absolute atomic E-state index is 5.33. The van der Waals surface area contributed by atoms with Gasteiger partial charge in [-0.25, -0.2) is 0 Å². The number of benzene rings is 2. The highest BCUT2D eigenvalue weighted by Gasteiger charge is 2.16. The molecule has 0 radical (unpaired) electrons. The molecule has 0 unspecified atom stereocenters. The van der Waals surface area contributed by atoms with Crippen LogP contribution in [0.25, 0.3) is 44.5 Å². The van der Waals surface area contributed by atoms with E-state index in [9.17, 15) is 0 Å². The minimum atomic E-state index is 0.837. The summed E-state index contributed by atoms with van der Waals surface area (Å²) >= 11 is 0. The van der Waals surface area contributed by atoms with E-state index in [1.54, 1.807) is 19.5 Å². The number of fused-ring (bicyclic) bond motifs is 1. The lowest BCUT2D eigenvalue weighted by Gasteiger charge is -2.08. The molecule has 0 aliphatic carbocycles. The van der Waals surface area contributed by atoms with Gasteiger partial charge in [0.15, 0.2) is 0 Å². The first kappa shape index (κ1) is 17.2. The highest BCUT2D eigenvalue weighted by atomic mass is 16.5. The molecule has 0 amide bonds. The Hall–Kier alpha value is -3.92. The van der Waals surface area contributed by atoms with Gasteiger partial charge in [0.25, 0.3) is 0 Å². The second kappa shape index (κ2) is 7.24. The van der Waals surface area contributed by atoms with Crippen molar-refractivity contribution in [1.82, 2.24) is 15.0 Å². The van der Waals surface area contributed by atoms with E-state index in [1.807, 2.05) is 48.7 Å². The number of rotatable bonds is 4. The Bertz CT molecular complexity index is 1270. The van der Waals surface area contributed by atoms with Crippen molar-refractivity contribution in [3.05, 3.63) is 91.4 Å². The number of pyridine rings is 2. The van der Waals surface area contributed by atoms with E-state index >= 15 is 0 Å². The number of hydrogen-bond acceptors (Lipinski definition) is 3. The lowest BCUT2D eigenvalue weighted by molar-refractivity contribution is 0.415. The number of aromatic nitrogens is 3. The second-order valence-electron chi connectivity index (χ2n) is 6.82. The van der Waals surface area contributed by atoms with E-state index in [1.165, 1.54) is 5.39 Å². The fourth-order valence-electron chi connectivity index (χ4n) is 3.65. The van der Waals surface area contributed by atoms with E-state index < -0.39 is 0 Å². The Morgan fingerprint density at radius 2 is 1.59 bits per heavy atom. The van der Waals surface area contributed by atoms with Crippen molar-refractivity contribution in [3.8, 4) is 39.5 Å². The summed E-state index contributed by atoms with van der Waals surface area (Å²) in [7, 11) is 1.68. The average Bonchev–Trinajstić information content (AvgIpc) is 3.24. The monoisotopic (exact) mass is 377 g/mol. The summed E-state index contributed by atoms with van der Waals surface area (Å²) < 4.78 is 5.33. The zero-order valence-electron chi connectivity index (χ0n) is 16.0. The minimum Gasteiger partial charge on any atom is -0.497 e. The number of aromatic amines is 1. The molecule has 4 nitrogen and oxygen atoms in total. The molecule has 0 fully saturated rings. The molecule has 29 heavy (non-hydrogen) atoms. The van der Waals surface area contributed by atoms with Crippen LogP contribution < -0.4 is 4.74 Å². The molecule has 3 aromatic heterocycles. The van der Waals surface area contributed by atoms with Crippen molar-refractivity contribution in [2.24, 2.45) is 0 Å². The molecule has 2 aromatic carbocycles. The maximum Gasteiger partial charge on any atom is 0.118 e. The van der Waals surface area contributed by atoms with Crippen LogP contribution in [0, 0.1) is 0 Å². The van der Waals surface area contributed by atoms with Crippen molar-refractivity contribution < 1.29 is 4.74 Å². The molecule has 0 saturated heterocycles. The van der Waals surface area contributed by atoms with Crippen molar-refractivity contribution in [2.75, 3.05) is 7.11 Å². The predicted molar refractivity (Wildman–Crippen MR) is 117 cm³/mol. The van der Waals surface area contributed by atoms with E-state index in [-0.39, 0.29) is 0 Å². The topological polar surface area (TPSA) is 50.8 Å². The Morgan fingerprint density at radius 1 is 0.793 bits per heavy atom. The number of methoxy groups -OCH3 is 1. The molecule has 4 heteroatoms. The molecular formula is C25H19N3O. The third-order valence-corrected chi connectivity index (χ3v) is 5.12. The first-order chi connectivity index (χ1) is 14.3. The van der Waals surface area contributed by atoms with Gasteiger partial charge in [-0.1, -0.05) is 36.4 Å². The van der Waals surface area contributed by atoms with Crippen molar-refractivity contribution in [3.63, 3.8) is 0 Å². The Labute approximate surface area is 168 Å². The number of ether oxygens (including phenoxy) is 1. The lowest BCUT2D eigenvalue weighted by Crippen LogP contribution is -1.89. The maximum atomic E-state index is 5.33. The van der Waals surface area contributed by atoms with Crippen LogP contribution >= 0.6 is 0 Å². The summed E-state index contributed by atoms with van der Waals surface area (Å²) in [5.74, 6) is 0.837. The van der Waals surface area contributed by atoms with E-state index in [4.69, 9.17) is 9.72 Å². The van der Waals surface area contributed by atoms with Gasteiger partial charge >= 0.3 is 0 Å². The van der Waals surface area contributed by atoms with Gasteiger partial charge in [0, 0.05) is 40.8 Å². The zero-order chi connectivity index (χ0) is 19.6. The van der Waals surface area contributed by atoms with Gasteiger partial charge in [-0.2, -0.15) is 0 Å². The summed E-state index contributed by atoms with van der Waals surface area (Å²) in [5.41, 5.74) is 6.26. The van der Waals surface area contributed by atoms with Gasteiger partial charge in [-0.3, -0.25) is 9.97 Å². The molecule has 0 spiro atoms. The lowest BCUT2D eigenvalue weighted by atomic mass is 10.0. The summed E-state index contributed by atoms with van der Waals surface area (Å²) in [6.45, 7) is 0. The molecule has 0 aliphatic rings. The Kier molecular flexibility index (Phi) is 4.30. The SMILES string of the molecule is COc1ccc(-c2cc(-c3ccncc3)[nH]c2-c2nccc3ccccc23)cc1. The van der Waals surface area contributed by atoms with Crippen LogP contribution in [-0.4, -0.2) is 22.1 Å². The summed E-state index contributed by atoms with van der Waals surface area (Å²) in [5, 5.41) is 2.28. The third-order valence-electron chi connectivity index (χ3n) is 5.12. The molecule has 5 rings (SSSR count). The molecule has 3 heterocycles. The molecule has 0 aliphatic heterocycles. The highest BCUT2D eigenvalue weighted by molar-refractivity contribution is 5.98. The standard InChI is InChI=1S/C25H19N3O/c1-29-20-8-6-18(7-9-20)22-16-23(19-10-13-26-14-11-19)28-25(22)24-21-5-3-2-4-17(21)12-15-27-24/h2-16,28H,1H3. The van der Waals surface area contributed by atoms with Gasteiger partial charge < -0.3 is 9.72 Å². The van der Waals surface area contributed by atoms with Gasteiger partial charge in [0.05, 0.1) is 18.5 Å². The quantitative estimate of drug-likeness (QED) is 0.420. The van der Waals surface area contributed by atoms with Crippen molar-refractivity contribution >= 4 is 10.8 Å². The molecule has 140 valence electrons. The van der Waals surface area contributed by atoms with Crippen LogP contribution in [0.1, 0.15) is 0 Å². The number of H-pyrrole nitrogens is 1. The van der Waals surface area contributed by atoms with Crippen LogP contribution in [0.5, 0.6) is 5.75 Å². The van der Waals surface area contributed by atoms with E-state index in [0.29, 0.717) is 0 Å². The average molecular weight is 377 g/mol. The molecule has 5 aromatic rings. The molecular weight excluding hydrogens is 358 g/mol. The number of hydrogen-bond donors (Lipinski definition) is 1. The zero-order valence-corrected chi connectivity index (χ0v) is 16.0. The van der Waals surface area contributed by atoms with Crippen molar-refractivity contribution in [2.45, 2.75) is 0 Å². The van der Waals surface area contributed by atoms with Gasteiger partial charge in [0.1, 0.15) is 5.75 Å². The largest absolute Gasteiger partial charge is 0.497 e.